The lowest BCUT2D eigenvalue weighted by molar-refractivity contribution is -0.138. The average Bonchev–Trinajstić information content (AvgIpc) is 2.69. The molecule has 1 aliphatic rings. The van der Waals surface area contributed by atoms with E-state index in [1.807, 2.05) is 0 Å². The minimum absolute atomic E-state index is 0.304. The van der Waals surface area contributed by atoms with Gasteiger partial charge in [0, 0.05) is 13.6 Å². The summed E-state index contributed by atoms with van der Waals surface area (Å²) >= 11 is 0. The Kier molecular flexibility index (Phi) is 4.58. The Balaban J connectivity index is 2.32. The highest BCUT2D eigenvalue weighted by Gasteiger charge is 2.21. The molecule has 1 rings (SSSR count). The Labute approximate surface area is 95.8 Å². The fraction of sp³-hybridized carbons (Fsp3) is 0.818. The summed E-state index contributed by atoms with van der Waals surface area (Å²) in [5.74, 6) is -0.432. The van der Waals surface area contributed by atoms with Gasteiger partial charge in [0.05, 0.1) is 0 Å². The number of aliphatic carboxylic acids is 1. The summed E-state index contributed by atoms with van der Waals surface area (Å²) in [5.41, 5.74) is 0. The number of rotatable bonds is 4. The molecule has 1 aliphatic carbocycles. The first-order chi connectivity index (χ1) is 7.50. The number of nitrogens with one attached hydrogen (secondary N) is 1. The molecule has 0 aromatic carbocycles. The summed E-state index contributed by atoms with van der Waals surface area (Å²) in [5, 5.41) is 11.1. The first-order valence-electron chi connectivity index (χ1n) is 5.75. The molecule has 2 N–H and O–H groups in total. The third-order valence-corrected chi connectivity index (χ3v) is 3.06. The van der Waals surface area contributed by atoms with E-state index >= 15 is 0 Å². The molecular weight excluding hydrogens is 208 g/mol. The van der Waals surface area contributed by atoms with Crippen molar-refractivity contribution in [1.29, 1.82) is 0 Å². The molecule has 5 heteroatoms. The lowest BCUT2D eigenvalue weighted by Gasteiger charge is -2.22. The van der Waals surface area contributed by atoms with Gasteiger partial charge in [-0.1, -0.05) is 12.8 Å². The van der Waals surface area contributed by atoms with Crippen LogP contribution in [-0.2, 0) is 4.79 Å². The van der Waals surface area contributed by atoms with Crippen molar-refractivity contribution in [3.8, 4) is 0 Å². The fourth-order valence-corrected chi connectivity index (χ4v) is 2.02. The van der Waals surface area contributed by atoms with Crippen molar-refractivity contribution < 1.29 is 14.7 Å². The van der Waals surface area contributed by atoms with Gasteiger partial charge in [0.15, 0.2) is 0 Å². The average molecular weight is 228 g/mol. The minimum atomic E-state index is -1.01. The van der Waals surface area contributed by atoms with Crippen molar-refractivity contribution in [3.05, 3.63) is 0 Å². The molecule has 5 nitrogen and oxygen atoms in total. The maximum absolute atomic E-state index is 11.6. The molecule has 16 heavy (non-hydrogen) atoms. The second kappa shape index (κ2) is 5.72. The van der Waals surface area contributed by atoms with E-state index in [0.29, 0.717) is 5.92 Å². The molecule has 1 atom stereocenters. The van der Waals surface area contributed by atoms with E-state index in [2.05, 4.69) is 5.32 Å². The Morgan fingerprint density at radius 3 is 2.50 bits per heavy atom. The number of carboxylic acid groups (broad SMARTS) is 1. The van der Waals surface area contributed by atoms with Gasteiger partial charge in [0.1, 0.15) is 6.04 Å². The van der Waals surface area contributed by atoms with Gasteiger partial charge in [-0.15, -0.1) is 0 Å². The van der Waals surface area contributed by atoms with Gasteiger partial charge in [0.25, 0.3) is 0 Å². The summed E-state index contributed by atoms with van der Waals surface area (Å²) in [7, 11) is 1.71. The third kappa shape index (κ3) is 3.72. The van der Waals surface area contributed by atoms with E-state index in [1.54, 1.807) is 11.9 Å². The molecule has 0 heterocycles. The zero-order chi connectivity index (χ0) is 12.1. The van der Waals surface area contributed by atoms with Crippen LogP contribution in [-0.4, -0.2) is 41.6 Å². The van der Waals surface area contributed by atoms with Crippen molar-refractivity contribution >= 4 is 12.0 Å². The second-order valence-electron chi connectivity index (χ2n) is 4.54. The van der Waals surface area contributed by atoms with Gasteiger partial charge in [-0.05, 0) is 25.7 Å². The van der Waals surface area contributed by atoms with E-state index in [-0.39, 0.29) is 6.03 Å². The van der Waals surface area contributed by atoms with Crippen molar-refractivity contribution in [1.82, 2.24) is 10.2 Å². The topological polar surface area (TPSA) is 69.6 Å². The van der Waals surface area contributed by atoms with E-state index < -0.39 is 12.0 Å². The van der Waals surface area contributed by atoms with E-state index in [9.17, 15) is 9.59 Å². The monoisotopic (exact) mass is 228 g/mol. The quantitative estimate of drug-likeness (QED) is 0.761. The Hall–Kier alpha value is -1.26. The number of amides is 2. The van der Waals surface area contributed by atoms with Crippen molar-refractivity contribution in [2.24, 2.45) is 5.92 Å². The molecule has 0 aromatic heterocycles. The number of carboxylic acids is 1. The minimum Gasteiger partial charge on any atom is -0.480 e. The van der Waals surface area contributed by atoms with Crippen LogP contribution in [0.2, 0.25) is 0 Å². The van der Waals surface area contributed by atoms with Crippen LogP contribution < -0.4 is 5.32 Å². The number of urea groups is 1. The molecule has 0 radical (unpaired) electrons. The molecule has 1 saturated carbocycles. The molecule has 0 saturated heterocycles. The highest BCUT2D eigenvalue weighted by atomic mass is 16.4. The molecule has 1 fully saturated rings. The fourth-order valence-electron chi connectivity index (χ4n) is 2.02. The smallest absolute Gasteiger partial charge is 0.325 e. The zero-order valence-electron chi connectivity index (χ0n) is 9.90. The normalized spacial score (nSPS) is 18.1. The second-order valence-corrected chi connectivity index (χ2v) is 4.54. The van der Waals surface area contributed by atoms with Crippen LogP contribution in [0, 0.1) is 5.92 Å². The van der Waals surface area contributed by atoms with Gasteiger partial charge in [-0.2, -0.15) is 0 Å². The summed E-state index contributed by atoms with van der Waals surface area (Å²) < 4.78 is 0. The molecular formula is C11H20N2O3. The van der Waals surface area contributed by atoms with Gasteiger partial charge >= 0.3 is 12.0 Å². The van der Waals surface area contributed by atoms with Gasteiger partial charge < -0.3 is 15.3 Å². The summed E-state index contributed by atoms with van der Waals surface area (Å²) in [6, 6.07) is -1.14. The summed E-state index contributed by atoms with van der Waals surface area (Å²) in [4.78, 5) is 23.7. The molecule has 0 bridgehead atoms. The van der Waals surface area contributed by atoms with E-state index in [0.717, 1.165) is 6.54 Å². The van der Waals surface area contributed by atoms with Crippen LogP contribution in [0.3, 0.4) is 0 Å². The van der Waals surface area contributed by atoms with E-state index in [1.165, 1.54) is 32.6 Å². The predicted octanol–water partition coefficient (Wildman–Crippen LogP) is 1.29. The maximum Gasteiger partial charge on any atom is 0.325 e. The summed E-state index contributed by atoms with van der Waals surface area (Å²) in [6.45, 7) is 2.18. The number of hydrogen-bond acceptors (Lipinski definition) is 2. The van der Waals surface area contributed by atoms with Crippen LogP contribution in [0.5, 0.6) is 0 Å². The molecule has 0 spiro atoms. The van der Waals surface area contributed by atoms with E-state index in [4.69, 9.17) is 5.11 Å². The van der Waals surface area contributed by atoms with Crippen LogP contribution in [0.25, 0.3) is 0 Å². The Morgan fingerprint density at radius 2 is 2.00 bits per heavy atom. The lowest BCUT2D eigenvalue weighted by Crippen LogP contribution is -2.46. The zero-order valence-corrected chi connectivity index (χ0v) is 9.90. The first-order valence-corrected chi connectivity index (χ1v) is 5.75. The van der Waals surface area contributed by atoms with Crippen molar-refractivity contribution in [3.63, 3.8) is 0 Å². The molecule has 0 unspecified atom stereocenters. The number of carbonyl (C=O) groups excluding carboxylic acids is 1. The molecule has 0 aliphatic heterocycles. The van der Waals surface area contributed by atoms with Crippen molar-refractivity contribution in [2.75, 3.05) is 13.6 Å². The van der Waals surface area contributed by atoms with Gasteiger partial charge in [0.2, 0.25) is 0 Å². The number of hydrogen-bond donors (Lipinski definition) is 2. The van der Waals surface area contributed by atoms with Crippen molar-refractivity contribution in [2.45, 2.75) is 38.6 Å². The van der Waals surface area contributed by atoms with Gasteiger partial charge in [-0.25, -0.2) is 4.79 Å². The largest absolute Gasteiger partial charge is 0.480 e. The maximum atomic E-state index is 11.6. The molecule has 2 amide bonds. The first kappa shape index (κ1) is 12.8. The number of carbonyl (C=O) groups is 2. The highest BCUT2D eigenvalue weighted by molar-refractivity contribution is 5.82. The highest BCUT2D eigenvalue weighted by Crippen LogP contribution is 2.25. The molecule has 92 valence electrons. The van der Waals surface area contributed by atoms with Crippen LogP contribution in [0.1, 0.15) is 32.6 Å². The van der Waals surface area contributed by atoms with Crippen LogP contribution in [0.4, 0.5) is 4.79 Å². The number of nitrogens with zero attached hydrogens (tertiary/aromatic N) is 1. The van der Waals surface area contributed by atoms with Gasteiger partial charge in [-0.3, -0.25) is 4.79 Å². The van der Waals surface area contributed by atoms with Crippen LogP contribution >= 0.6 is 0 Å². The third-order valence-electron chi connectivity index (χ3n) is 3.06. The SMILES string of the molecule is C[C@H](NC(=O)N(C)CC1CCCC1)C(=O)O. The van der Waals surface area contributed by atoms with Crippen LogP contribution in [0.15, 0.2) is 0 Å². The Morgan fingerprint density at radius 1 is 1.44 bits per heavy atom. The summed E-state index contributed by atoms with van der Waals surface area (Å²) in [6.07, 6.45) is 4.83. The Bertz CT molecular complexity index is 262. The predicted molar refractivity (Wildman–Crippen MR) is 60.2 cm³/mol. The lowest BCUT2D eigenvalue weighted by atomic mass is 10.1. The standard InChI is InChI=1S/C11H20N2O3/c1-8(10(14)15)12-11(16)13(2)7-9-5-3-4-6-9/h8-9H,3-7H2,1-2H3,(H,12,16)(H,14,15)/t8-/m0/s1. The molecule has 0 aromatic rings.